The van der Waals surface area contributed by atoms with Gasteiger partial charge in [-0.1, -0.05) is 36.4 Å². The molecule has 0 fully saturated rings. The van der Waals surface area contributed by atoms with Gasteiger partial charge in [-0.3, -0.25) is 9.59 Å². The van der Waals surface area contributed by atoms with Crippen LogP contribution in [0.2, 0.25) is 0 Å². The molecule has 1 N–H and O–H groups in total. The molecule has 154 valence electrons. The highest BCUT2D eigenvalue weighted by atomic mass is 32.1. The Morgan fingerprint density at radius 1 is 1.13 bits per heavy atom. The molecule has 30 heavy (non-hydrogen) atoms. The summed E-state index contributed by atoms with van der Waals surface area (Å²) in [5.41, 5.74) is 2.62. The van der Waals surface area contributed by atoms with E-state index in [4.69, 9.17) is 4.74 Å². The summed E-state index contributed by atoms with van der Waals surface area (Å²) >= 11 is 1.56. The SMILES string of the molecule is CC1Oc2ccc(NC(=O)Cc3cccs3)cc2N(CCCc2ccccc2)C1=O. The molecule has 5 nitrogen and oxygen atoms in total. The summed E-state index contributed by atoms with van der Waals surface area (Å²) in [6.45, 7) is 2.37. The van der Waals surface area contributed by atoms with E-state index in [0.29, 0.717) is 30.1 Å². The largest absolute Gasteiger partial charge is 0.479 e. The predicted molar refractivity (Wildman–Crippen MR) is 120 cm³/mol. The van der Waals surface area contributed by atoms with Gasteiger partial charge < -0.3 is 15.0 Å². The fourth-order valence-electron chi connectivity index (χ4n) is 3.58. The van der Waals surface area contributed by atoms with Crippen LogP contribution in [0.3, 0.4) is 0 Å². The number of ether oxygens (including phenoxy) is 1. The Morgan fingerprint density at radius 2 is 1.97 bits per heavy atom. The Kier molecular flexibility index (Phi) is 6.14. The molecule has 6 heteroatoms. The number of amides is 2. The van der Waals surface area contributed by atoms with Crippen molar-refractivity contribution in [3.8, 4) is 5.75 Å². The number of anilines is 2. The molecule has 0 spiro atoms. The van der Waals surface area contributed by atoms with Gasteiger partial charge in [-0.2, -0.15) is 0 Å². The van der Waals surface area contributed by atoms with Gasteiger partial charge in [-0.15, -0.1) is 11.3 Å². The van der Waals surface area contributed by atoms with Crippen molar-refractivity contribution in [1.29, 1.82) is 0 Å². The third-order valence-corrected chi connectivity index (χ3v) is 5.93. The molecule has 4 rings (SSSR count). The molecule has 2 heterocycles. The molecule has 1 atom stereocenters. The zero-order valence-corrected chi connectivity index (χ0v) is 17.7. The van der Waals surface area contributed by atoms with Gasteiger partial charge in [-0.25, -0.2) is 0 Å². The summed E-state index contributed by atoms with van der Waals surface area (Å²) in [5.74, 6) is 0.528. The lowest BCUT2D eigenvalue weighted by Gasteiger charge is -2.33. The van der Waals surface area contributed by atoms with Crippen LogP contribution in [0, 0.1) is 0 Å². The van der Waals surface area contributed by atoms with Crippen molar-refractivity contribution in [2.45, 2.75) is 32.3 Å². The van der Waals surface area contributed by atoms with Crippen molar-refractivity contribution in [3.05, 3.63) is 76.5 Å². The van der Waals surface area contributed by atoms with E-state index in [-0.39, 0.29) is 11.8 Å². The first kappa shape index (κ1) is 20.2. The Labute approximate surface area is 180 Å². The Hall–Kier alpha value is -3.12. The van der Waals surface area contributed by atoms with E-state index < -0.39 is 6.10 Å². The van der Waals surface area contributed by atoms with Crippen molar-refractivity contribution >= 4 is 34.5 Å². The lowest BCUT2D eigenvalue weighted by atomic mass is 10.1. The van der Waals surface area contributed by atoms with Crippen LogP contribution in [-0.2, 0) is 22.4 Å². The molecule has 0 aliphatic carbocycles. The molecule has 1 unspecified atom stereocenters. The maximum absolute atomic E-state index is 12.8. The monoisotopic (exact) mass is 420 g/mol. The molecule has 1 aromatic heterocycles. The van der Waals surface area contributed by atoms with Crippen LogP contribution in [0.25, 0.3) is 0 Å². The highest BCUT2D eigenvalue weighted by Gasteiger charge is 2.31. The number of nitrogens with one attached hydrogen (secondary N) is 1. The Bertz CT molecular complexity index is 1020. The molecule has 0 saturated heterocycles. The minimum absolute atomic E-state index is 0.0578. The number of thiophene rings is 1. The average Bonchev–Trinajstić information content (AvgIpc) is 3.25. The first-order chi connectivity index (χ1) is 14.6. The van der Waals surface area contributed by atoms with Gasteiger partial charge >= 0.3 is 0 Å². The summed E-state index contributed by atoms with van der Waals surface area (Å²) in [6.07, 6.45) is 1.55. The van der Waals surface area contributed by atoms with Gasteiger partial charge in [0.2, 0.25) is 5.91 Å². The first-order valence-corrected chi connectivity index (χ1v) is 11.0. The minimum atomic E-state index is -0.520. The smallest absolute Gasteiger partial charge is 0.267 e. The number of carbonyl (C=O) groups excluding carboxylic acids is 2. The van der Waals surface area contributed by atoms with Crippen LogP contribution in [0.4, 0.5) is 11.4 Å². The molecule has 0 saturated carbocycles. The van der Waals surface area contributed by atoms with Crippen LogP contribution in [0.1, 0.15) is 23.8 Å². The predicted octanol–water partition coefficient (Wildman–Crippen LogP) is 4.68. The molecule has 2 aromatic carbocycles. The van der Waals surface area contributed by atoms with E-state index in [2.05, 4.69) is 17.4 Å². The average molecular weight is 421 g/mol. The molecule has 2 amide bonds. The number of carbonyl (C=O) groups is 2. The van der Waals surface area contributed by atoms with Crippen LogP contribution in [0.5, 0.6) is 5.75 Å². The zero-order valence-electron chi connectivity index (χ0n) is 16.8. The lowest BCUT2D eigenvalue weighted by Crippen LogP contribution is -2.45. The second kappa shape index (κ2) is 9.13. The normalized spacial score (nSPS) is 15.4. The summed E-state index contributed by atoms with van der Waals surface area (Å²) in [5, 5.41) is 4.89. The van der Waals surface area contributed by atoms with Gasteiger partial charge in [-0.05, 0) is 55.0 Å². The summed E-state index contributed by atoms with van der Waals surface area (Å²) in [7, 11) is 0. The van der Waals surface area contributed by atoms with Crippen LogP contribution in [-0.4, -0.2) is 24.5 Å². The number of nitrogens with zero attached hydrogens (tertiary/aromatic N) is 1. The number of aryl methyl sites for hydroxylation is 1. The lowest BCUT2D eigenvalue weighted by molar-refractivity contribution is -0.125. The van der Waals surface area contributed by atoms with Gasteiger partial charge in [0.25, 0.3) is 5.91 Å². The summed E-state index contributed by atoms with van der Waals surface area (Å²) in [4.78, 5) is 27.9. The molecular formula is C24H24N2O3S. The van der Waals surface area contributed by atoms with E-state index in [1.807, 2.05) is 53.9 Å². The third-order valence-electron chi connectivity index (χ3n) is 5.06. The van der Waals surface area contributed by atoms with E-state index >= 15 is 0 Å². The van der Waals surface area contributed by atoms with Crippen LogP contribution in [0.15, 0.2) is 66.0 Å². The maximum atomic E-state index is 12.8. The number of hydrogen-bond acceptors (Lipinski definition) is 4. The van der Waals surface area contributed by atoms with Crippen molar-refractivity contribution in [2.75, 3.05) is 16.8 Å². The molecule has 0 radical (unpaired) electrons. The standard InChI is InChI=1S/C24H24N2O3S/c1-17-24(28)26(13-5-9-18-7-3-2-4-8-18)21-15-19(11-12-22(21)29-17)25-23(27)16-20-10-6-14-30-20/h2-4,6-8,10-12,14-15,17H,5,9,13,16H2,1H3,(H,25,27). The maximum Gasteiger partial charge on any atom is 0.267 e. The van der Waals surface area contributed by atoms with E-state index in [1.165, 1.54) is 5.56 Å². The van der Waals surface area contributed by atoms with Crippen molar-refractivity contribution in [3.63, 3.8) is 0 Å². The Morgan fingerprint density at radius 3 is 2.73 bits per heavy atom. The summed E-state index contributed by atoms with van der Waals surface area (Å²) in [6, 6.07) is 19.6. The van der Waals surface area contributed by atoms with Crippen LogP contribution < -0.4 is 15.0 Å². The highest BCUT2D eigenvalue weighted by Crippen LogP contribution is 2.36. The fourth-order valence-corrected chi connectivity index (χ4v) is 4.28. The molecule has 0 bridgehead atoms. The quantitative estimate of drug-likeness (QED) is 0.604. The summed E-state index contributed by atoms with van der Waals surface area (Å²) < 4.78 is 5.78. The number of hydrogen-bond donors (Lipinski definition) is 1. The zero-order chi connectivity index (χ0) is 20.9. The Balaban J connectivity index is 1.47. The first-order valence-electron chi connectivity index (χ1n) is 10.1. The van der Waals surface area contributed by atoms with Crippen molar-refractivity contribution in [2.24, 2.45) is 0 Å². The number of benzene rings is 2. The van der Waals surface area contributed by atoms with Gasteiger partial charge in [0.1, 0.15) is 5.75 Å². The number of fused-ring (bicyclic) bond motifs is 1. The second-order valence-electron chi connectivity index (χ2n) is 7.33. The number of rotatable bonds is 7. The van der Waals surface area contributed by atoms with Crippen molar-refractivity contribution < 1.29 is 14.3 Å². The fraction of sp³-hybridized carbons (Fsp3) is 0.250. The van der Waals surface area contributed by atoms with Crippen LogP contribution >= 0.6 is 11.3 Å². The van der Waals surface area contributed by atoms with E-state index in [9.17, 15) is 9.59 Å². The molecule has 3 aromatic rings. The molecular weight excluding hydrogens is 396 g/mol. The van der Waals surface area contributed by atoms with Gasteiger partial charge in [0, 0.05) is 17.1 Å². The van der Waals surface area contributed by atoms with E-state index in [1.54, 1.807) is 23.2 Å². The highest BCUT2D eigenvalue weighted by molar-refractivity contribution is 7.10. The van der Waals surface area contributed by atoms with Crippen molar-refractivity contribution in [1.82, 2.24) is 0 Å². The third kappa shape index (κ3) is 4.71. The minimum Gasteiger partial charge on any atom is -0.479 e. The second-order valence-corrected chi connectivity index (χ2v) is 8.36. The molecule has 1 aliphatic rings. The topological polar surface area (TPSA) is 58.6 Å². The van der Waals surface area contributed by atoms with Gasteiger partial charge in [0.05, 0.1) is 12.1 Å². The van der Waals surface area contributed by atoms with Gasteiger partial charge in [0.15, 0.2) is 6.10 Å². The molecule has 1 aliphatic heterocycles. The van der Waals surface area contributed by atoms with E-state index in [0.717, 1.165) is 17.7 Å².